The fourth-order valence-corrected chi connectivity index (χ4v) is 3.71. The average Bonchev–Trinajstić information content (AvgIpc) is 3.01. The summed E-state index contributed by atoms with van der Waals surface area (Å²) in [5.74, 6) is 0.420. The van der Waals surface area contributed by atoms with E-state index in [9.17, 15) is 9.90 Å². The minimum absolute atomic E-state index is 0.354. The summed E-state index contributed by atoms with van der Waals surface area (Å²) in [5.41, 5.74) is 1.90. The summed E-state index contributed by atoms with van der Waals surface area (Å²) in [6.07, 6.45) is 5.34. The van der Waals surface area contributed by atoms with E-state index in [0.29, 0.717) is 17.5 Å². The molecular formula is C16H20N2O2. The van der Waals surface area contributed by atoms with Crippen LogP contribution in [0.5, 0.6) is 0 Å². The van der Waals surface area contributed by atoms with Gasteiger partial charge in [-0.1, -0.05) is 26.3 Å². The molecule has 3 atom stereocenters. The lowest BCUT2D eigenvalue weighted by atomic mass is 9.93. The Labute approximate surface area is 118 Å². The highest BCUT2D eigenvalue weighted by molar-refractivity contribution is 6.01. The van der Waals surface area contributed by atoms with E-state index in [0.717, 1.165) is 23.4 Å². The number of carbonyl (C=O) groups is 1. The zero-order valence-corrected chi connectivity index (χ0v) is 11.9. The molecule has 106 valence electrons. The zero-order chi connectivity index (χ0) is 14.3. The molecular weight excluding hydrogens is 252 g/mol. The van der Waals surface area contributed by atoms with Crippen LogP contribution in [0.3, 0.4) is 0 Å². The number of para-hydroxylation sites is 1. The first kappa shape index (κ1) is 13.2. The molecule has 0 spiro atoms. The Balaban J connectivity index is 2.11. The minimum atomic E-state index is -0.880. The number of imidazole rings is 1. The molecule has 1 fully saturated rings. The molecule has 3 rings (SSSR count). The molecule has 4 nitrogen and oxygen atoms in total. The third-order valence-corrected chi connectivity index (χ3v) is 4.89. The van der Waals surface area contributed by atoms with E-state index in [1.807, 2.05) is 12.4 Å². The van der Waals surface area contributed by atoms with E-state index >= 15 is 0 Å². The highest BCUT2D eigenvalue weighted by atomic mass is 16.4. The molecule has 1 saturated carbocycles. The number of carboxylic acid groups (broad SMARTS) is 1. The van der Waals surface area contributed by atoms with Crippen LogP contribution in [0.25, 0.3) is 11.0 Å². The molecule has 1 heterocycles. The summed E-state index contributed by atoms with van der Waals surface area (Å²) in [7, 11) is 0. The van der Waals surface area contributed by atoms with E-state index in [1.165, 1.54) is 12.8 Å². The summed E-state index contributed by atoms with van der Waals surface area (Å²) in [4.78, 5) is 15.8. The van der Waals surface area contributed by atoms with Crippen molar-refractivity contribution < 1.29 is 9.90 Å². The predicted molar refractivity (Wildman–Crippen MR) is 77.9 cm³/mol. The van der Waals surface area contributed by atoms with E-state index < -0.39 is 5.97 Å². The van der Waals surface area contributed by atoms with Crippen LogP contribution in [0.2, 0.25) is 0 Å². The van der Waals surface area contributed by atoms with Crippen LogP contribution in [0.4, 0.5) is 0 Å². The van der Waals surface area contributed by atoms with Crippen molar-refractivity contribution in [3.63, 3.8) is 0 Å². The molecule has 3 unspecified atom stereocenters. The average molecular weight is 272 g/mol. The monoisotopic (exact) mass is 272 g/mol. The number of aromatic nitrogens is 2. The Morgan fingerprint density at radius 2 is 2.25 bits per heavy atom. The van der Waals surface area contributed by atoms with Crippen molar-refractivity contribution >= 4 is 17.0 Å². The second-order valence-electron chi connectivity index (χ2n) is 5.80. The van der Waals surface area contributed by atoms with Crippen molar-refractivity contribution in [2.75, 3.05) is 0 Å². The first-order chi connectivity index (χ1) is 9.63. The standard InChI is InChI=1S/C16H20N2O2/c1-3-11-7-8-14(10(11)2)18-9-17-13-6-4-5-12(15(13)18)16(19)20/h4-6,9-11,14H,3,7-8H2,1-2H3,(H,19,20). The summed E-state index contributed by atoms with van der Waals surface area (Å²) in [6, 6.07) is 5.68. The molecule has 20 heavy (non-hydrogen) atoms. The number of hydrogen-bond acceptors (Lipinski definition) is 2. The largest absolute Gasteiger partial charge is 0.478 e. The number of rotatable bonds is 3. The van der Waals surface area contributed by atoms with Crippen LogP contribution in [-0.2, 0) is 0 Å². The van der Waals surface area contributed by atoms with E-state index in [1.54, 1.807) is 12.1 Å². The van der Waals surface area contributed by atoms with Gasteiger partial charge < -0.3 is 9.67 Å². The molecule has 1 N–H and O–H groups in total. The number of benzene rings is 1. The maximum absolute atomic E-state index is 11.4. The molecule has 0 amide bonds. The van der Waals surface area contributed by atoms with Crippen LogP contribution in [0.1, 0.15) is 49.5 Å². The first-order valence-corrected chi connectivity index (χ1v) is 7.32. The highest BCUT2D eigenvalue weighted by Crippen LogP contribution is 2.43. The predicted octanol–water partition coefficient (Wildman–Crippen LogP) is 3.73. The second-order valence-corrected chi connectivity index (χ2v) is 5.80. The van der Waals surface area contributed by atoms with Gasteiger partial charge in [-0.15, -0.1) is 0 Å². The van der Waals surface area contributed by atoms with Gasteiger partial charge in [-0.25, -0.2) is 9.78 Å². The SMILES string of the molecule is CCC1CCC(n2cnc3cccc(C(=O)O)c32)C1C. The van der Waals surface area contributed by atoms with Gasteiger partial charge in [0.15, 0.2) is 0 Å². The molecule has 1 aromatic heterocycles. The van der Waals surface area contributed by atoms with Gasteiger partial charge in [-0.2, -0.15) is 0 Å². The number of nitrogens with zero attached hydrogens (tertiary/aromatic N) is 2. The van der Waals surface area contributed by atoms with Crippen molar-refractivity contribution in [1.29, 1.82) is 0 Å². The Morgan fingerprint density at radius 3 is 2.90 bits per heavy atom. The molecule has 0 saturated heterocycles. The maximum atomic E-state index is 11.4. The number of aromatic carboxylic acids is 1. The highest BCUT2D eigenvalue weighted by Gasteiger charge is 2.33. The number of carboxylic acids is 1. The van der Waals surface area contributed by atoms with Crippen LogP contribution in [0, 0.1) is 11.8 Å². The van der Waals surface area contributed by atoms with Crippen molar-refractivity contribution in [2.24, 2.45) is 11.8 Å². The molecule has 2 aromatic rings. The Bertz CT molecular complexity index is 647. The molecule has 4 heteroatoms. The topological polar surface area (TPSA) is 55.1 Å². The van der Waals surface area contributed by atoms with Crippen molar-refractivity contribution in [1.82, 2.24) is 9.55 Å². The van der Waals surface area contributed by atoms with Crippen molar-refractivity contribution in [2.45, 2.75) is 39.2 Å². The van der Waals surface area contributed by atoms with Gasteiger partial charge in [0, 0.05) is 6.04 Å². The van der Waals surface area contributed by atoms with Gasteiger partial charge in [0.1, 0.15) is 0 Å². The van der Waals surface area contributed by atoms with Crippen LogP contribution in [0.15, 0.2) is 24.5 Å². The molecule has 1 aromatic carbocycles. The lowest BCUT2D eigenvalue weighted by Gasteiger charge is -2.22. The van der Waals surface area contributed by atoms with Crippen molar-refractivity contribution in [3.8, 4) is 0 Å². The van der Waals surface area contributed by atoms with Crippen LogP contribution >= 0.6 is 0 Å². The van der Waals surface area contributed by atoms with Gasteiger partial charge in [-0.05, 0) is 36.8 Å². The van der Waals surface area contributed by atoms with Crippen LogP contribution < -0.4 is 0 Å². The van der Waals surface area contributed by atoms with Gasteiger partial charge in [0.05, 0.1) is 22.9 Å². The molecule has 0 aliphatic heterocycles. The minimum Gasteiger partial charge on any atom is -0.478 e. The molecule has 1 aliphatic carbocycles. The van der Waals surface area contributed by atoms with Gasteiger partial charge in [0.2, 0.25) is 0 Å². The number of fused-ring (bicyclic) bond motifs is 1. The van der Waals surface area contributed by atoms with Gasteiger partial charge in [-0.3, -0.25) is 0 Å². The molecule has 0 bridgehead atoms. The second kappa shape index (κ2) is 4.93. The van der Waals surface area contributed by atoms with Gasteiger partial charge in [0.25, 0.3) is 0 Å². The molecule has 0 radical (unpaired) electrons. The third-order valence-electron chi connectivity index (χ3n) is 4.89. The van der Waals surface area contributed by atoms with E-state index in [-0.39, 0.29) is 0 Å². The fraction of sp³-hybridized carbons (Fsp3) is 0.500. The Morgan fingerprint density at radius 1 is 1.45 bits per heavy atom. The summed E-state index contributed by atoms with van der Waals surface area (Å²) in [5, 5.41) is 9.39. The van der Waals surface area contributed by atoms with Crippen LogP contribution in [-0.4, -0.2) is 20.6 Å². The summed E-state index contributed by atoms with van der Waals surface area (Å²) in [6.45, 7) is 4.51. The molecule has 1 aliphatic rings. The normalized spacial score (nSPS) is 26.2. The third kappa shape index (κ3) is 1.90. The van der Waals surface area contributed by atoms with E-state index in [2.05, 4.69) is 23.4 Å². The lowest BCUT2D eigenvalue weighted by Crippen LogP contribution is -2.16. The number of hydrogen-bond donors (Lipinski definition) is 1. The summed E-state index contributed by atoms with van der Waals surface area (Å²) >= 11 is 0. The fourth-order valence-electron chi connectivity index (χ4n) is 3.71. The smallest absolute Gasteiger partial charge is 0.337 e. The Hall–Kier alpha value is -1.84. The Kier molecular flexibility index (Phi) is 3.24. The zero-order valence-electron chi connectivity index (χ0n) is 11.9. The quantitative estimate of drug-likeness (QED) is 0.926. The van der Waals surface area contributed by atoms with Gasteiger partial charge >= 0.3 is 5.97 Å². The van der Waals surface area contributed by atoms with Crippen molar-refractivity contribution in [3.05, 3.63) is 30.1 Å². The van der Waals surface area contributed by atoms with E-state index in [4.69, 9.17) is 0 Å². The summed E-state index contributed by atoms with van der Waals surface area (Å²) < 4.78 is 2.10. The lowest BCUT2D eigenvalue weighted by molar-refractivity contribution is 0.0698. The first-order valence-electron chi connectivity index (χ1n) is 7.32. The maximum Gasteiger partial charge on any atom is 0.337 e.